The molecule has 1 saturated heterocycles. The minimum Gasteiger partial charge on any atom is -0.368 e. The summed E-state index contributed by atoms with van der Waals surface area (Å²) in [5.74, 6) is 2.16. The molecule has 2 heterocycles. The molecule has 32 heavy (non-hydrogen) atoms. The molecule has 1 aromatic heterocycles. The summed E-state index contributed by atoms with van der Waals surface area (Å²) >= 11 is 12.4. The van der Waals surface area contributed by atoms with Gasteiger partial charge >= 0.3 is 0 Å². The quantitative estimate of drug-likeness (QED) is 0.485. The number of hydrogen-bond acceptors (Lipinski definition) is 6. The molecule has 8 heteroatoms. The third-order valence-corrected chi connectivity index (χ3v) is 6.15. The molecule has 3 aromatic rings. The number of aromatic nitrogens is 3. The van der Waals surface area contributed by atoms with Gasteiger partial charge in [0.25, 0.3) is 0 Å². The van der Waals surface area contributed by atoms with Gasteiger partial charge in [-0.3, -0.25) is 0 Å². The second kappa shape index (κ2) is 9.92. The lowest BCUT2D eigenvalue weighted by Crippen LogP contribution is -2.47. The van der Waals surface area contributed by atoms with Gasteiger partial charge in [-0.25, -0.2) is 0 Å². The highest BCUT2D eigenvalue weighted by Crippen LogP contribution is 2.28. The maximum Gasteiger partial charge on any atom is 0.230 e. The van der Waals surface area contributed by atoms with E-state index >= 15 is 0 Å². The summed E-state index contributed by atoms with van der Waals surface area (Å²) in [5, 5.41) is 1.30. The van der Waals surface area contributed by atoms with Crippen LogP contribution in [0.5, 0.6) is 0 Å². The third kappa shape index (κ3) is 5.08. The van der Waals surface area contributed by atoms with E-state index < -0.39 is 0 Å². The molecular formula is C24H28Cl2N6. The van der Waals surface area contributed by atoms with Crippen molar-refractivity contribution in [3.05, 3.63) is 58.1 Å². The molecule has 4 rings (SSSR count). The van der Waals surface area contributed by atoms with Crippen molar-refractivity contribution in [1.82, 2.24) is 15.0 Å². The number of aryl methyl sites for hydroxylation is 1. The fourth-order valence-electron chi connectivity index (χ4n) is 3.94. The Morgan fingerprint density at radius 3 is 2.12 bits per heavy atom. The van der Waals surface area contributed by atoms with Crippen LogP contribution < -0.4 is 14.7 Å². The summed E-state index contributed by atoms with van der Waals surface area (Å²) in [4.78, 5) is 21.2. The number of rotatable bonds is 6. The highest BCUT2D eigenvalue weighted by atomic mass is 35.5. The van der Waals surface area contributed by atoms with E-state index in [2.05, 4.69) is 53.7 Å². The van der Waals surface area contributed by atoms with Gasteiger partial charge in [-0.2, -0.15) is 15.0 Å². The molecular weight excluding hydrogens is 443 g/mol. The highest BCUT2D eigenvalue weighted by Gasteiger charge is 2.22. The first kappa shape index (κ1) is 22.6. The number of benzene rings is 2. The van der Waals surface area contributed by atoms with Crippen LogP contribution in [0.1, 0.15) is 19.4 Å². The Balaban J connectivity index is 1.61. The molecule has 0 spiro atoms. The minimum atomic E-state index is 0.652. The standard InChI is InChI=1S/C24H28Cl2N6/c1-4-30(5-2)23-27-22(18-8-6-7-17(3)13-18)28-24(29-23)32-11-9-31(10-12-32)21-15-19(25)14-20(26)16-21/h6-8,13-16H,4-5,9-12H2,1-3H3. The zero-order valence-corrected chi connectivity index (χ0v) is 20.2. The van der Waals surface area contributed by atoms with Gasteiger partial charge in [0.05, 0.1) is 0 Å². The molecule has 2 aromatic carbocycles. The predicted octanol–water partition coefficient (Wildman–Crippen LogP) is 5.33. The van der Waals surface area contributed by atoms with Crippen LogP contribution in [0.15, 0.2) is 42.5 Å². The topological polar surface area (TPSA) is 48.4 Å². The largest absolute Gasteiger partial charge is 0.368 e. The fourth-order valence-corrected chi connectivity index (χ4v) is 4.46. The predicted molar refractivity (Wildman–Crippen MR) is 134 cm³/mol. The first-order valence-electron chi connectivity index (χ1n) is 11.0. The second-order valence-electron chi connectivity index (χ2n) is 7.90. The van der Waals surface area contributed by atoms with Gasteiger partial charge in [0.2, 0.25) is 11.9 Å². The molecule has 168 valence electrons. The molecule has 1 aliphatic rings. The van der Waals surface area contributed by atoms with Gasteiger partial charge in [0.15, 0.2) is 5.82 Å². The van der Waals surface area contributed by atoms with E-state index in [-0.39, 0.29) is 0 Å². The van der Waals surface area contributed by atoms with Crippen LogP contribution in [0.25, 0.3) is 11.4 Å². The average molecular weight is 471 g/mol. The van der Waals surface area contributed by atoms with Crippen molar-refractivity contribution in [2.45, 2.75) is 20.8 Å². The zero-order chi connectivity index (χ0) is 22.7. The maximum absolute atomic E-state index is 6.20. The molecule has 0 N–H and O–H groups in total. The van der Waals surface area contributed by atoms with Crippen molar-refractivity contribution < 1.29 is 0 Å². The molecule has 0 saturated carbocycles. The van der Waals surface area contributed by atoms with E-state index in [9.17, 15) is 0 Å². The highest BCUT2D eigenvalue weighted by molar-refractivity contribution is 6.35. The Bertz CT molecular complexity index is 1060. The maximum atomic E-state index is 6.20. The minimum absolute atomic E-state index is 0.652. The third-order valence-electron chi connectivity index (χ3n) is 5.71. The van der Waals surface area contributed by atoms with Crippen LogP contribution in [0.4, 0.5) is 17.6 Å². The van der Waals surface area contributed by atoms with Gasteiger partial charge in [0.1, 0.15) is 0 Å². The SMILES string of the molecule is CCN(CC)c1nc(-c2cccc(C)c2)nc(N2CCN(c3cc(Cl)cc(Cl)c3)CC2)n1. The van der Waals surface area contributed by atoms with Crippen LogP contribution in [-0.4, -0.2) is 54.2 Å². The molecule has 0 bridgehead atoms. The van der Waals surface area contributed by atoms with Crippen LogP contribution in [0.2, 0.25) is 10.0 Å². The Morgan fingerprint density at radius 2 is 1.50 bits per heavy atom. The smallest absolute Gasteiger partial charge is 0.230 e. The van der Waals surface area contributed by atoms with E-state index in [0.717, 1.165) is 62.4 Å². The lowest BCUT2D eigenvalue weighted by molar-refractivity contribution is 0.637. The monoisotopic (exact) mass is 470 g/mol. The van der Waals surface area contributed by atoms with Gasteiger partial charge < -0.3 is 14.7 Å². The molecule has 0 amide bonds. The molecule has 0 atom stereocenters. The number of nitrogens with zero attached hydrogens (tertiary/aromatic N) is 6. The Hall–Kier alpha value is -2.57. The Morgan fingerprint density at radius 1 is 0.844 bits per heavy atom. The molecule has 0 radical (unpaired) electrons. The molecule has 1 aliphatic heterocycles. The van der Waals surface area contributed by atoms with Crippen molar-refractivity contribution in [3.63, 3.8) is 0 Å². The van der Waals surface area contributed by atoms with Crippen molar-refractivity contribution in [1.29, 1.82) is 0 Å². The van der Waals surface area contributed by atoms with Gasteiger partial charge in [-0.05, 0) is 45.0 Å². The number of piperazine rings is 1. The van der Waals surface area contributed by atoms with E-state index in [1.807, 2.05) is 18.2 Å². The number of anilines is 3. The van der Waals surface area contributed by atoms with Gasteiger partial charge in [-0.15, -0.1) is 0 Å². The molecule has 6 nitrogen and oxygen atoms in total. The Labute approximate surface area is 199 Å². The summed E-state index contributed by atoms with van der Waals surface area (Å²) < 4.78 is 0. The summed E-state index contributed by atoms with van der Waals surface area (Å²) in [6.45, 7) is 11.3. The molecule has 1 fully saturated rings. The van der Waals surface area contributed by atoms with E-state index in [1.54, 1.807) is 6.07 Å². The number of halogens is 2. The summed E-state index contributed by atoms with van der Waals surface area (Å²) in [7, 11) is 0. The van der Waals surface area contributed by atoms with Crippen LogP contribution in [0.3, 0.4) is 0 Å². The van der Waals surface area contributed by atoms with Crippen LogP contribution >= 0.6 is 23.2 Å². The first-order valence-corrected chi connectivity index (χ1v) is 11.8. The van der Waals surface area contributed by atoms with E-state index in [1.165, 1.54) is 5.56 Å². The fraction of sp³-hybridized carbons (Fsp3) is 0.375. The van der Waals surface area contributed by atoms with Crippen LogP contribution in [-0.2, 0) is 0 Å². The van der Waals surface area contributed by atoms with Crippen molar-refractivity contribution in [2.75, 3.05) is 54.0 Å². The molecule has 0 unspecified atom stereocenters. The summed E-state index contributed by atoms with van der Waals surface area (Å²) in [5.41, 5.74) is 3.24. The van der Waals surface area contributed by atoms with E-state index in [4.69, 9.17) is 38.2 Å². The van der Waals surface area contributed by atoms with Gasteiger partial charge in [-0.1, -0.05) is 47.0 Å². The Kier molecular flexibility index (Phi) is 7.01. The van der Waals surface area contributed by atoms with Gasteiger partial charge in [0, 0.05) is 60.6 Å². The first-order chi connectivity index (χ1) is 15.5. The lowest BCUT2D eigenvalue weighted by atomic mass is 10.1. The average Bonchev–Trinajstić information content (AvgIpc) is 2.79. The van der Waals surface area contributed by atoms with Crippen molar-refractivity contribution in [3.8, 4) is 11.4 Å². The number of hydrogen-bond donors (Lipinski definition) is 0. The second-order valence-corrected chi connectivity index (χ2v) is 8.78. The summed E-state index contributed by atoms with van der Waals surface area (Å²) in [6, 6.07) is 14.0. The van der Waals surface area contributed by atoms with Crippen molar-refractivity contribution in [2.24, 2.45) is 0 Å². The zero-order valence-electron chi connectivity index (χ0n) is 18.7. The summed E-state index contributed by atoms with van der Waals surface area (Å²) in [6.07, 6.45) is 0. The molecule has 0 aliphatic carbocycles. The van der Waals surface area contributed by atoms with E-state index in [0.29, 0.717) is 15.9 Å². The van der Waals surface area contributed by atoms with Crippen LogP contribution in [0, 0.1) is 6.92 Å². The van der Waals surface area contributed by atoms with Crippen molar-refractivity contribution >= 4 is 40.8 Å². The lowest BCUT2D eigenvalue weighted by Gasteiger charge is -2.36. The normalized spacial score (nSPS) is 14.0.